The van der Waals surface area contributed by atoms with Gasteiger partial charge in [0.25, 0.3) is 0 Å². The molecule has 2 atom stereocenters. The van der Waals surface area contributed by atoms with Gasteiger partial charge in [-0.15, -0.1) is 24.0 Å². The van der Waals surface area contributed by atoms with E-state index in [0.29, 0.717) is 11.8 Å². The van der Waals surface area contributed by atoms with Gasteiger partial charge in [-0.2, -0.15) is 5.10 Å². The van der Waals surface area contributed by atoms with Crippen molar-refractivity contribution in [2.45, 2.75) is 54.2 Å². The van der Waals surface area contributed by atoms with Gasteiger partial charge in [0.1, 0.15) is 0 Å². The van der Waals surface area contributed by atoms with E-state index < -0.39 is 0 Å². The molecule has 1 aromatic rings. The Kier molecular flexibility index (Phi) is 12.1. The molecule has 29 heavy (non-hydrogen) atoms. The summed E-state index contributed by atoms with van der Waals surface area (Å²) >= 11 is 0. The Morgan fingerprint density at radius 1 is 1.28 bits per heavy atom. The molecule has 0 saturated carbocycles. The van der Waals surface area contributed by atoms with Crippen molar-refractivity contribution in [2.24, 2.45) is 16.8 Å². The topological polar surface area (TPSA) is 66.7 Å². The van der Waals surface area contributed by atoms with Crippen LogP contribution in [0.25, 0.3) is 0 Å². The molecule has 168 valence electrons. The lowest BCUT2D eigenvalue weighted by Gasteiger charge is -2.34. The van der Waals surface area contributed by atoms with Gasteiger partial charge in [0.15, 0.2) is 5.96 Å². The van der Waals surface area contributed by atoms with Crippen LogP contribution in [-0.2, 0) is 11.3 Å². The summed E-state index contributed by atoms with van der Waals surface area (Å²) in [5.41, 5.74) is 2.28. The number of aryl methyl sites for hydroxylation is 2. The highest BCUT2D eigenvalue weighted by atomic mass is 127. The van der Waals surface area contributed by atoms with Crippen molar-refractivity contribution in [1.82, 2.24) is 25.3 Å². The van der Waals surface area contributed by atoms with Crippen LogP contribution in [0.4, 0.5) is 0 Å². The van der Waals surface area contributed by atoms with Crippen molar-refractivity contribution in [1.29, 1.82) is 0 Å². The minimum Gasteiger partial charge on any atom is -0.374 e. The van der Waals surface area contributed by atoms with Crippen LogP contribution in [0.15, 0.2) is 11.1 Å². The molecule has 0 spiro atoms. The van der Waals surface area contributed by atoms with Gasteiger partial charge in [-0.25, -0.2) is 0 Å². The fourth-order valence-electron chi connectivity index (χ4n) is 3.60. The van der Waals surface area contributed by atoms with E-state index in [4.69, 9.17) is 9.73 Å². The zero-order valence-corrected chi connectivity index (χ0v) is 21.4. The molecule has 0 amide bonds. The lowest BCUT2D eigenvalue weighted by Crippen LogP contribution is -2.50. The number of halogens is 1. The third-order valence-corrected chi connectivity index (χ3v) is 4.84. The Morgan fingerprint density at radius 3 is 2.66 bits per heavy atom. The van der Waals surface area contributed by atoms with Gasteiger partial charge in [-0.1, -0.05) is 20.8 Å². The Hall–Kier alpha value is -0.870. The molecule has 0 bridgehead atoms. The van der Waals surface area contributed by atoms with Gasteiger partial charge in [0.05, 0.1) is 18.4 Å². The molecule has 8 heteroatoms. The third-order valence-electron chi connectivity index (χ3n) is 4.84. The molecule has 2 rings (SSSR count). The zero-order valence-electron chi connectivity index (χ0n) is 19.1. The molecule has 2 heterocycles. The second-order valence-electron chi connectivity index (χ2n) is 8.46. The van der Waals surface area contributed by atoms with Gasteiger partial charge in [-0.05, 0) is 38.7 Å². The number of hydrogen-bond donors (Lipinski definition) is 2. The first-order valence-corrected chi connectivity index (χ1v) is 10.7. The first-order valence-electron chi connectivity index (χ1n) is 10.7. The number of aliphatic imine (C=N–C) groups is 1. The number of morpholine rings is 1. The highest BCUT2D eigenvalue weighted by Crippen LogP contribution is 2.08. The molecular weight excluding hydrogens is 479 g/mol. The fraction of sp³-hybridized carbons (Fsp3) is 0.810. The predicted molar refractivity (Wildman–Crippen MR) is 131 cm³/mol. The summed E-state index contributed by atoms with van der Waals surface area (Å²) in [4.78, 5) is 7.28. The van der Waals surface area contributed by atoms with Crippen LogP contribution in [0.5, 0.6) is 0 Å². The summed E-state index contributed by atoms with van der Waals surface area (Å²) in [6, 6.07) is 2.12. The maximum atomic E-state index is 5.94. The van der Waals surface area contributed by atoms with E-state index >= 15 is 0 Å². The molecule has 0 aliphatic carbocycles. The number of nitrogens with zero attached hydrogens (tertiary/aromatic N) is 4. The molecule has 1 fully saturated rings. The highest BCUT2D eigenvalue weighted by molar-refractivity contribution is 14.0. The summed E-state index contributed by atoms with van der Waals surface area (Å²) in [7, 11) is 0. The molecule has 7 nitrogen and oxygen atoms in total. The summed E-state index contributed by atoms with van der Waals surface area (Å²) in [5, 5.41) is 11.4. The van der Waals surface area contributed by atoms with Gasteiger partial charge < -0.3 is 15.4 Å². The number of guanidine groups is 1. The second-order valence-corrected chi connectivity index (χ2v) is 8.46. The van der Waals surface area contributed by atoms with E-state index in [9.17, 15) is 0 Å². The highest BCUT2D eigenvalue weighted by Gasteiger charge is 2.21. The van der Waals surface area contributed by atoms with E-state index in [-0.39, 0.29) is 30.1 Å². The number of ether oxygens (including phenoxy) is 1. The Morgan fingerprint density at radius 2 is 2.03 bits per heavy atom. The smallest absolute Gasteiger partial charge is 0.191 e. The van der Waals surface area contributed by atoms with E-state index in [1.54, 1.807) is 0 Å². The van der Waals surface area contributed by atoms with Crippen LogP contribution >= 0.6 is 24.0 Å². The van der Waals surface area contributed by atoms with Crippen molar-refractivity contribution < 1.29 is 4.74 Å². The molecule has 1 aliphatic rings. The number of hydrogen-bond acceptors (Lipinski definition) is 4. The van der Waals surface area contributed by atoms with Crippen molar-refractivity contribution >= 4 is 29.9 Å². The molecule has 0 radical (unpaired) electrons. The number of nitrogens with one attached hydrogen (secondary N) is 2. The molecule has 1 aliphatic heterocycles. The molecule has 2 unspecified atom stereocenters. The van der Waals surface area contributed by atoms with Gasteiger partial charge in [0, 0.05) is 51.5 Å². The van der Waals surface area contributed by atoms with Crippen LogP contribution < -0.4 is 10.6 Å². The van der Waals surface area contributed by atoms with Crippen molar-refractivity contribution in [3.8, 4) is 0 Å². The van der Waals surface area contributed by atoms with Gasteiger partial charge >= 0.3 is 0 Å². The minimum atomic E-state index is 0. The zero-order chi connectivity index (χ0) is 20.5. The van der Waals surface area contributed by atoms with E-state index in [2.05, 4.69) is 66.0 Å². The largest absolute Gasteiger partial charge is 0.374 e. The van der Waals surface area contributed by atoms with Crippen molar-refractivity contribution in [3.63, 3.8) is 0 Å². The van der Waals surface area contributed by atoms with Crippen molar-refractivity contribution in [3.05, 3.63) is 17.5 Å². The Bertz CT molecular complexity index is 618. The summed E-state index contributed by atoms with van der Waals surface area (Å²) in [6.45, 7) is 20.2. The summed E-state index contributed by atoms with van der Waals surface area (Å²) < 4.78 is 8.02. The standard InChI is InChI=1S/C21H40N6O.HI/c1-7-22-21(23-11-17(4)14-27-19(6)10-18(5)25-27)24-12-20-15-26(8-9-28-20)13-16(2)3;/h10,16-17,20H,7-9,11-15H2,1-6H3,(H2,22,23,24);1H. The lowest BCUT2D eigenvalue weighted by molar-refractivity contribution is -0.0284. The summed E-state index contributed by atoms with van der Waals surface area (Å²) in [5.74, 6) is 1.97. The van der Waals surface area contributed by atoms with E-state index in [1.807, 2.05) is 6.92 Å². The molecule has 1 aromatic heterocycles. The minimum absolute atomic E-state index is 0. The Labute approximate surface area is 194 Å². The van der Waals surface area contributed by atoms with Gasteiger partial charge in [-0.3, -0.25) is 14.6 Å². The number of rotatable bonds is 9. The quantitative estimate of drug-likeness (QED) is 0.298. The van der Waals surface area contributed by atoms with Crippen LogP contribution in [0.2, 0.25) is 0 Å². The monoisotopic (exact) mass is 520 g/mol. The predicted octanol–water partition coefficient (Wildman–Crippen LogP) is 2.67. The molecule has 0 aromatic carbocycles. The van der Waals surface area contributed by atoms with Crippen LogP contribution in [0.1, 0.15) is 39.1 Å². The van der Waals surface area contributed by atoms with Crippen molar-refractivity contribution in [2.75, 3.05) is 45.9 Å². The van der Waals surface area contributed by atoms with E-state index in [0.717, 1.165) is 64.1 Å². The second kappa shape index (κ2) is 13.4. The summed E-state index contributed by atoms with van der Waals surface area (Å²) in [6.07, 6.45) is 0.212. The third kappa shape index (κ3) is 9.65. The first-order chi connectivity index (χ1) is 13.4. The van der Waals surface area contributed by atoms with E-state index in [1.165, 1.54) is 5.69 Å². The average molecular weight is 521 g/mol. The van der Waals surface area contributed by atoms with Crippen LogP contribution in [-0.4, -0.2) is 72.6 Å². The molecule has 1 saturated heterocycles. The Balaban J connectivity index is 0.00000420. The van der Waals surface area contributed by atoms with Gasteiger partial charge in [0.2, 0.25) is 0 Å². The molecule has 2 N–H and O–H groups in total. The maximum absolute atomic E-state index is 5.94. The average Bonchev–Trinajstić information content (AvgIpc) is 2.94. The lowest BCUT2D eigenvalue weighted by atomic mass is 10.2. The van der Waals surface area contributed by atoms with Crippen LogP contribution in [0.3, 0.4) is 0 Å². The normalized spacial score (nSPS) is 19.1. The van der Waals surface area contributed by atoms with Crippen LogP contribution in [0, 0.1) is 25.7 Å². The molecular formula is C21H41IN6O. The first kappa shape index (κ1) is 26.2. The maximum Gasteiger partial charge on any atom is 0.191 e. The SMILES string of the molecule is CCNC(=NCC(C)Cn1nc(C)cc1C)NCC1CN(CC(C)C)CCO1.I. The number of aromatic nitrogens is 2. The fourth-order valence-corrected chi connectivity index (χ4v) is 3.60.